The summed E-state index contributed by atoms with van der Waals surface area (Å²) in [6, 6.07) is -0.727. The summed E-state index contributed by atoms with van der Waals surface area (Å²) in [6.07, 6.45) is -3.09. The lowest BCUT2D eigenvalue weighted by Gasteiger charge is -2.19. The third-order valence-electron chi connectivity index (χ3n) is 2.56. The maximum absolute atomic E-state index is 12.3. The first-order chi connectivity index (χ1) is 8.87. The van der Waals surface area contributed by atoms with Crippen LogP contribution in [0.5, 0.6) is 0 Å². The smallest absolute Gasteiger partial charge is 0.370 e. The second kappa shape index (κ2) is 6.58. The molecule has 1 heterocycles. The number of hydrogen-bond acceptors (Lipinski definition) is 4. The molecule has 0 bridgehead atoms. The Morgan fingerprint density at radius 3 is 2.37 bits per heavy atom. The van der Waals surface area contributed by atoms with E-state index in [0.717, 1.165) is 5.56 Å². The first-order valence-corrected chi connectivity index (χ1v) is 6.28. The summed E-state index contributed by atoms with van der Waals surface area (Å²) in [5.41, 5.74) is 0.804. The van der Waals surface area contributed by atoms with Crippen LogP contribution in [0.1, 0.15) is 32.8 Å². The number of aromatic nitrogens is 2. The molecular weight excluding hydrogens is 257 g/mol. The van der Waals surface area contributed by atoms with Crippen LogP contribution in [-0.4, -0.2) is 28.7 Å². The molecule has 7 heteroatoms. The van der Waals surface area contributed by atoms with Crippen molar-refractivity contribution in [2.24, 2.45) is 0 Å². The van der Waals surface area contributed by atoms with Gasteiger partial charge in [-0.05, 0) is 20.3 Å². The van der Waals surface area contributed by atoms with Crippen LogP contribution >= 0.6 is 0 Å². The maximum Gasteiger partial charge on any atom is 0.391 e. The van der Waals surface area contributed by atoms with E-state index in [1.165, 1.54) is 13.3 Å². The molecule has 19 heavy (non-hydrogen) atoms. The molecule has 0 aromatic carbocycles. The molecule has 0 aliphatic rings. The van der Waals surface area contributed by atoms with Gasteiger partial charge in [-0.3, -0.25) is 0 Å². The van der Waals surface area contributed by atoms with Gasteiger partial charge in [0.1, 0.15) is 18.0 Å². The first-order valence-electron chi connectivity index (χ1n) is 6.28. The van der Waals surface area contributed by atoms with E-state index in [4.69, 9.17) is 0 Å². The highest BCUT2D eigenvalue weighted by Crippen LogP contribution is 2.25. The van der Waals surface area contributed by atoms with Gasteiger partial charge in [0.05, 0.1) is 6.42 Å². The van der Waals surface area contributed by atoms with Gasteiger partial charge >= 0.3 is 6.18 Å². The normalized spacial score (nSPS) is 13.2. The first kappa shape index (κ1) is 15.5. The molecular formula is C12H19F3N4. The molecule has 2 N–H and O–H groups in total. The average Bonchev–Trinajstić information content (AvgIpc) is 2.27. The second-order valence-corrected chi connectivity index (χ2v) is 4.30. The summed E-state index contributed by atoms with van der Waals surface area (Å²) in [7, 11) is 0. The predicted octanol–water partition coefficient (Wildman–Crippen LogP) is 3.22. The third kappa shape index (κ3) is 4.92. The largest absolute Gasteiger partial charge is 0.391 e. The van der Waals surface area contributed by atoms with Crippen molar-refractivity contribution in [2.45, 2.75) is 45.8 Å². The summed E-state index contributed by atoms with van der Waals surface area (Å²) in [5.74, 6) is 1.13. The van der Waals surface area contributed by atoms with E-state index in [2.05, 4.69) is 20.6 Å². The van der Waals surface area contributed by atoms with Crippen LogP contribution in [0.2, 0.25) is 0 Å². The van der Waals surface area contributed by atoms with Crippen molar-refractivity contribution in [3.8, 4) is 0 Å². The maximum atomic E-state index is 12.3. The van der Waals surface area contributed by atoms with Crippen molar-refractivity contribution in [3.05, 3.63) is 11.9 Å². The Morgan fingerprint density at radius 2 is 1.84 bits per heavy atom. The fraction of sp³-hybridized carbons (Fsp3) is 0.667. The zero-order valence-corrected chi connectivity index (χ0v) is 11.3. The van der Waals surface area contributed by atoms with Crippen LogP contribution in [0.15, 0.2) is 6.33 Å². The SMILES string of the molecule is CCNc1ncnc(NC(C)CC(F)(F)F)c1CC. The zero-order valence-electron chi connectivity index (χ0n) is 11.3. The van der Waals surface area contributed by atoms with E-state index < -0.39 is 18.6 Å². The second-order valence-electron chi connectivity index (χ2n) is 4.30. The van der Waals surface area contributed by atoms with E-state index in [1.54, 1.807) is 0 Å². The molecule has 0 fully saturated rings. The predicted molar refractivity (Wildman–Crippen MR) is 69.3 cm³/mol. The number of rotatable bonds is 6. The topological polar surface area (TPSA) is 49.8 Å². The number of hydrogen-bond donors (Lipinski definition) is 2. The minimum Gasteiger partial charge on any atom is -0.370 e. The Balaban J connectivity index is 2.85. The molecule has 108 valence electrons. The molecule has 0 radical (unpaired) electrons. The highest BCUT2D eigenvalue weighted by Gasteiger charge is 2.30. The van der Waals surface area contributed by atoms with Crippen molar-refractivity contribution in [3.63, 3.8) is 0 Å². The number of halogens is 3. The highest BCUT2D eigenvalue weighted by molar-refractivity contribution is 5.57. The fourth-order valence-corrected chi connectivity index (χ4v) is 1.82. The van der Waals surface area contributed by atoms with Crippen LogP contribution < -0.4 is 10.6 Å². The van der Waals surface area contributed by atoms with Gasteiger partial charge in [0.25, 0.3) is 0 Å². The molecule has 1 aromatic rings. The van der Waals surface area contributed by atoms with Crippen molar-refractivity contribution < 1.29 is 13.2 Å². The Labute approximate surface area is 110 Å². The van der Waals surface area contributed by atoms with Crippen LogP contribution in [-0.2, 0) is 6.42 Å². The summed E-state index contributed by atoms with van der Waals surface area (Å²) >= 11 is 0. The summed E-state index contributed by atoms with van der Waals surface area (Å²) in [4.78, 5) is 8.13. The van der Waals surface area contributed by atoms with Crippen LogP contribution in [0.4, 0.5) is 24.8 Å². The van der Waals surface area contributed by atoms with Crippen LogP contribution in [0, 0.1) is 0 Å². The number of nitrogens with one attached hydrogen (secondary N) is 2. The van der Waals surface area contributed by atoms with Gasteiger partial charge in [0.15, 0.2) is 0 Å². The van der Waals surface area contributed by atoms with E-state index in [9.17, 15) is 13.2 Å². The van der Waals surface area contributed by atoms with Crippen LogP contribution in [0.3, 0.4) is 0 Å². The monoisotopic (exact) mass is 276 g/mol. The Morgan fingerprint density at radius 1 is 1.21 bits per heavy atom. The van der Waals surface area contributed by atoms with Gasteiger partial charge in [0.2, 0.25) is 0 Å². The van der Waals surface area contributed by atoms with Gasteiger partial charge in [0, 0.05) is 18.2 Å². The Bertz CT molecular complexity index is 406. The molecule has 0 aliphatic heterocycles. The molecule has 1 aromatic heterocycles. The Kier molecular flexibility index (Phi) is 5.38. The molecule has 0 aliphatic carbocycles. The van der Waals surface area contributed by atoms with E-state index >= 15 is 0 Å². The molecule has 1 rings (SSSR count). The van der Waals surface area contributed by atoms with Gasteiger partial charge in [-0.2, -0.15) is 13.2 Å². The number of anilines is 2. The zero-order chi connectivity index (χ0) is 14.5. The van der Waals surface area contributed by atoms with Gasteiger partial charge < -0.3 is 10.6 Å². The minimum absolute atomic E-state index is 0.463. The van der Waals surface area contributed by atoms with Crippen molar-refractivity contribution in [2.75, 3.05) is 17.2 Å². The summed E-state index contributed by atoms with van der Waals surface area (Å²) in [5, 5.41) is 5.88. The fourth-order valence-electron chi connectivity index (χ4n) is 1.82. The molecule has 0 saturated carbocycles. The van der Waals surface area contributed by atoms with Gasteiger partial charge in [-0.15, -0.1) is 0 Å². The molecule has 0 saturated heterocycles. The molecule has 1 unspecified atom stereocenters. The van der Waals surface area contributed by atoms with Crippen molar-refractivity contribution >= 4 is 11.6 Å². The summed E-state index contributed by atoms with van der Waals surface area (Å²) < 4.78 is 36.9. The van der Waals surface area contributed by atoms with Gasteiger partial charge in [-0.1, -0.05) is 6.92 Å². The third-order valence-corrected chi connectivity index (χ3v) is 2.56. The molecule has 0 amide bonds. The Hall–Kier alpha value is -1.53. The van der Waals surface area contributed by atoms with E-state index in [0.29, 0.717) is 24.6 Å². The average molecular weight is 276 g/mol. The minimum atomic E-state index is -4.18. The lowest BCUT2D eigenvalue weighted by Crippen LogP contribution is -2.25. The van der Waals surface area contributed by atoms with E-state index in [1.807, 2.05) is 13.8 Å². The van der Waals surface area contributed by atoms with E-state index in [-0.39, 0.29) is 0 Å². The highest BCUT2D eigenvalue weighted by atomic mass is 19.4. The quantitative estimate of drug-likeness (QED) is 0.837. The van der Waals surface area contributed by atoms with Crippen molar-refractivity contribution in [1.29, 1.82) is 0 Å². The number of nitrogens with zero attached hydrogens (tertiary/aromatic N) is 2. The molecule has 4 nitrogen and oxygen atoms in total. The van der Waals surface area contributed by atoms with Gasteiger partial charge in [-0.25, -0.2) is 9.97 Å². The van der Waals surface area contributed by atoms with Crippen LogP contribution in [0.25, 0.3) is 0 Å². The molecule has 0 spiro atoms. The lowest BCUT2D eigenvalue weighted by atomic mass is 10.2. The number of alkyl halides is 3. The standard InChI is InChI=1S/C12H19F3N4/c1-4-9-10(16-5-2)17-7-18-11(9)19-8(3)6-12(13,14)15/h7-8H,4-6H2,1-3H3,(H2,16,17,18,19). The molecule has 1 atom stereocenters. The van der Waals surface area contributed by atoms with Crippen molar-refractivity contribution in [1.82, 2.24) is 9.97 Å². The lowest BCUT2D eigenvalue weighted by molar-refractivity contribution is -0.136. The summed E-state index contributed by atoms with van der Waals surface area (Å²) in [6.45, 7) is 6.03.